The first-order valence-corrected chi connectivity index (χ1v) is 16.0. The summed E-state index contributed by atoms with van der Waals surface area (Å²) in [6.07, 6.45) is 0. The summed E-state index contributed by atoms with van der Waals surface area (Å²) >= 11 is 0. The summed E-state index contributed by atoms with van der Waals surface area (Å²) in [6.45, 7) is 4.63. The Labute approximate surface area is 270 Å². The molecule has 0 N–H and O–H groups in total. The van der Waals surface area contributed by atoms with Crippen molar-refractivity contribution in [2.24, 2.45) is 0 Å². The summed E-state index contributed by atoms with van der Waals surface area (Å²) in [7, 11) is 0. The molecule has 0 amide bonds. The van der Waals surface area contributed by atoms with Crippen molar-refractivity contribution in [3.05, 3.63) is 145 Å². The molecule has 1 aliphatic rings. The molecule has 0 saturated carbocycles. The van der Waals surface area contributed by atoms with Gasteiger partial charge in [-0.05, 0) is 58.7 Å². The first-order chi connectivity index (χ1) is 23.0. The SMILES string of the molecule is CC1(C)c2cc3oc4ccccc4c3cc2-c2cc3c4ccccc4n(-c4nc(-c5ccccc5)nc(-c5ccccc5)n4)c3cc21. The highest BCUT2D eigenvalue weighted by Gasteiger charge is 2.37. The molecule has 0 saturated heterocycles. The van der Waals surface area contributed by atoms with Gasteiger partial charge in [0, 0.05) is 38.1 Å². The largest absolute Gasteiger partial charge is 0.456 e. The van der Waals surface area contributed by atoms with E-state index in [1.165, 1.54) is 27.6 Å². The van der Waals surface area contributed by atoms with Gasteiger partial charge in [0.05, 0.1) is 11.0 Å². The van der Waals surface area contributed by atoms with E-state index in [0.717, 1.165) is 49.5 Å². The van der Waals surface area contributed by atoms with Crippen LogP contribution in [-0.2, 0) is 5.41 Å². The number of hydrogen-bond donors (Lipinski definition) is 0. The van der Waals surface area contributed by atoms with Gasteiger partial charge < -0.3 is 4.42 Å². The predicted octanol–water partition coefficient (Wildman–Crippen LogP) is 10.5. The summed E-state index contributed by atoms with van der Waals surface area (Å²) in [6, 6.07) is 46.5. The Kier molecular flexibility index (Phi) is 5.28. The third kappa shape index (κ3) is 3.74. The molecule has 0 fully saturated rings. The van der Waals surface area contributed by atoms with E-state index in [1.807, 2.05) is 72.8 Å². The second-order valence-corrected chi connectivity index (χ2v) is 12.9. The Morgan fingerprint density at radius 1 is 0.489 bits per heavy atom. The zero-order valence-corrected chi connectivity index (χ0v) is 25.9. The molecule has 6 aromatic carbocycles. The van der Waals surface area contributed by atoms with Crippen LogP contribution in [0.3, 0.4) is 0 Å². The molecule has 0 atom stereocenters. The molecule has 0 aliphatic heterocycles. The monoisotopic (exact) mass is 604 g/mol. The van der Waals surface area contributed by atoms with Gasteiger partial charge in [-0.15, -0.1) is 0 Å². The van der Waals surface area contributed by atoms with E-state index in [2.05, 4.69) is 79.1 Å². The quantitative estimate of drug-likeness (QED) is 0.201. The third-order valence-electron chi connectivity index (χ3n) is 9.85. The smallest absolute Gasteiger partial charge is 0.238 e. The highest BCUT2D eigenvalue weighted by Crippen LogP contribution is 2.52. The highest BCUT2D eigenvalue weighted by atomic mass is 16.3. The van der Waals surface area contributed by atoms with Gasteiger partial charge in [0.2, 0.25) is 5.95 Å². The fourth-order valence-electron chi connectivity index (χ4n) is 7.52. The number of fused-ring (bicyclic) bond motifs is 9. The molecule has 5 nitrogen and oxygen atoms in total. The van der Waals surface area contributed by atoms with E-state index in [-0.39, 0.29) is 5.41 Å². The van der Waals surface area contributed by atoms with Crippen molar-refractivity contribution in [2.75, 3.05) is 0 Å². The van der Waals surface area contributed by atoms with E-state index >= 15 is 0 Å². The lowest BCUT2D eigenvalue weighted by Crippen LogP contribution is -2.15. The Balaban J connectivity index is 1.27. The van der Waals surface area contributed by atoms with E-state index in [4.69, 9.17) is 19.4 Å². The molecule has 222 valence electrons. The van der Waals surface area contributed by atoms with Crippen molar-refractivity contribution in [2.45, 2.75) is 19.3 Å². The standard InChI is InChI=1S/C42H28N4O/c1-42(2)33-23-36-31(21-29(33)30-22-32-28-18-10-12-20-37(28)47-38(32)24-34(30)42)27-17-9-11-19-35(27)46(36)41-44-39(25-13-5-3-6-14-25)43-40(45-41)26-15-7-4-8-16-26/h3-24H,1-2H3. The Morgan fingerprint density at radius 3 is 1.77 bits per heavy atom. The first kappa shape index (κ1) is 26.2. The zero-order chi connectivity index (χ0) is 31.3. The summed E-state index contributed by atoms with van der Waals surface area (Å²) in [4.78, 5) is 15.2. The number of hydrogen-bond acceptors (Lipinski definition) is 4. The van der Waals surface area contributed by atoms with E-state index in [0.29, 0.717) is 17.6 Å². The van der Waals surface area contributed by atoms with Crippen LogP contribution in [0.2, 0.25) is 0 Å². The second kappa shape index (κ2) is 9.47. The molecule has 1 aliphatic carbocycles. The first-order valence-electron chi connectivity index (χ1n) is 16.0. The maximum Gasteiger partial charge on any atom is 0.238 e. The minimum absolute atomic E-state index is 0.239. The maximum absolute atomic E-state index is 6.34. The second-order valence-electron chi connectivity index (χ2n) is 12.9. The predicted molar refractivity (Wildman–Crippen MR) is 190 cm³/mol. The van der Waals surface area contributed by atoms with Gasteiger partial charge in [0.15, 0.2) is 11.6 Å². The van der Waals surface area contributed by atoms with Crippen molar-refractivity contribution in [3.63, 3.8) is 0 Å². The van der Waals surface area contributed by atoms with Gasteiger partial charge in [-0.2, -0.15) is 9.97 Å². The molecular weight excluding hydrogens is 576 g/mol. The topological polar surface area (TPSA) is 56.7 Å². The van der Waals surface area contributed by atoms with Crippen molar-refractivity contribution in [1.29, 1.82) is 0 Å². The molecule has 0 radical (unpaired) electrons. The molecule has 3 aromatic heterocycles. The normalized spacial score (nSPS) is 13.5. The van der Waals surface area contributed by atoms with Crippen LogP contribution in [0, 0.1) is 0 Å². The average Bonchev–Trinajstić information content (AvgIpc) is 3.72. The fraction of sp³-hybridized carbons (Fsp3) is 0.0714. The van der Waals surface area contributed by atoms with Crippen LogP contribution in [0.4, 0.5) is 0 Å². The molecule has 0 bridgehead atoms. The number of nitrogens with zero attached hydrogens (tertiary/aromatic N) is 4. The van der Waals surface area contributed by atoms with Crippen molar-refractivity contribution in [1.82, 2.24) is 19.5 Å². The fourth-order valence-corrected chi connectivity index (χ4v) is 7.52. The molecule has 0 unspecified atom stereocenters. The van der Waals surface area contributed by atoms with Gasteiger partial charge in [0.25, 0.3) is 0 Å². The number of furan rings is 1. The van der Waals surface area contributed by atoms with Gasteiger partial charge >= 0.3 is 0 Å². The van der Waals surface area contributed by atoms with Crippen LogP contribution < -0.4 is 0 Å². The van der Waals surface area contributed by atoms with Crippen molar-refractivity contribution < 1.29 is 4.42 Å². The Morgan fingerprint density at radius 2 is 1.06 bits per heavy atom. The molecule has 9 aromatic rings. The summed E-state index contributed by atoms with van der Waals surface area (Å²) < 4.78 is 8.55. The van der Waals surface area contributed by atoms with E-state index in [1.54, 1.807) is 0 Å². The minimum Gasteiger partial charge on any atom is -0.456 e. The van der Waals surface area contributed by atoms with Gasteiger partial charge in [-0.3, -0.25) is 4.57 Å². The maximum atomic E-state index is 6.34. The number of aromatic nitrogens is 4. The Bertz CT molecular complexity index is 2640. The summed E-state index contributed by atoms with van der Waals surface area (Å²) in [5, 5.41) is 4.63. The lowest BCUT2D eigenvalue weighted by atomic mass is 9.82. The highest BCUT2D eigenvalue weighted by molar-refractivity contribution is 6.13. The molecule has 3 heterocycles. The van der Waals surface area contributed by atoms with Gasteiger partial charge in [-0.25, -0.2) is 4.98 Å². The van der Waals surface area contributed by atoms with Crippen LogP contribution in [0.15, 0.2) is 138 Å². The molecular formula is C42H28N4O. The summed E-state index contributed by atoms with van der Waals surface area (Å²) in [5.74, 6) is 1.88. The van der Waals surface area contributed by atoms with Gasteiger partial charge in [-0.1, -0.05) is 111 Å². The van der Waals surface area contributed by atoms with Gasteiger partial charge in [0.1, 0.15) is 11.2 Å². The lowest BCUT2D eigenvalue weighted by Gasteiger charge is -2.21. The average molecular weight is 605 g/mol. The third-order valence-corrected chi connectivity index (χ3v) is 9.85. The number of benzene rings is 6. The molecule has 10 rings (SSSR count). The van der Waals surface area contributed by atoms with E-state index < -0.39 is 0 Å². The van der Waals surface area contributed by atoms with Crippen LogP contribution in [-0.4, -0.2) is 19.5 Å². The van der Waals surface area contributed by atoms with Crippen LogP contribution in [0.25, 0.3) is 83.6 Å². The van der Waals surface area contributed by atoms with Crippen LogP contribution in [0.5, 0.6) is 0 Å². The number of para-hydroxylation sites is 2. The minimum atomic E-state index is -0.239. The van der Waals surface area contributed by atoms with Crippen molar-refractivity contribution >= 4 is 43.7 Å². The summed E-state index contributed by atoms with van der Waals surface area (Å²) in [5.41, 5.74) is 10.7. The molecule has 0 spiro atoms. The Hall–Kier alpha value is -6.07. The number of rotatable bonds is 3. The van der Waals surface area contributed by atoms with Crippen LogP contribution >= 0.6 is 0 Å². The molecule has 5 heteroatoms. The van der Waals surface area contributed by atoms with Crippen molar-refractivity contribution in [3.8, 4) is 39.9 Å². The lowest BCUT2D eigenvalue weighted by molar-refractivity contribution is 0.647. The zero-order valence-electron chi connectivity index (χ0n) is 25.9. The van der Waals surface area contributed by atoms with Crippen LogP contribution in [0.1, 0.15) is 25.0 Å². The van der Waals surface area contributed by atoms with E-state index in [9.17, 15) is 0 Å². The molecule has 47 heavy (non-hydrogen) atoms.